The first-order chi connectivity index (χ1) is 17.1. The zero-order valence-electron chi connectivity index (χ0n) is 21.1. The number of benzene rings is 1. The lowest BCUT2D eigenvalue weighted by Gasteiger charge is -2.37. The van der Waals surface area contributed by atoms with Crippen molar-refractivity contribution in [3.05, 3.63) is 41.5 Å². The molecule has 8 nitrogen and oxygen atoms in total. The van der Waals surface area contributed by atoms with E-state index in [1.807, 2.05) is 12.1 Å². The van der Waals surface area contributed by atoms with Crippen LogP contribution in [0.5, 0.6) is 0 Å². The lowest BCUT2D eigenvalue weighted by atomic mass is 9.77. The zero-order valence-corrected chi connectivity index (χ0v) is 24.6. The standard InChI is InChI=1S/C25H32N3O5PS2.H2S/c1-15(2)16-9-10-25(3)21(13-16)36-34(35,33-25)32-12-11-26-19-6-4-5-17-18(19)14-28(24(17)31)20-7-8-22(29)27-23(20)30;/h4-6,16,20-21,26H,1,7-14H2,2-3H3,(H,27,29,30);1H2/t16-,20?,21+,25+,34-;/m0./s1. The molecule has 1 saturated carbocycles. The van der Waals surface area contributed by atoms with Gasteiger partial charge in [0.1, 0.15) is 6.04 Å². The van der Waals surface area contributed by atoms with E-state index in [0.29, 0.717) is 42.8 Å². The van der Waals surface area contributed by atoms with Gasteiger partial charge in [-0.3, -0.25) is 19.7 Å². The van der Waals surface area contributed by atoms with Crippen LogP contribution in [-0.2, 0) is 37.0 Å². The Balaban J connectivity index is 0.00000320. The lowest BCUT2D eigenvalue weighted by molar-refractivity contribution is -0.136. The maximum atomic E-state index is 13.0. The quantitative estimate of drug-likeness (QED) is 0.210. The number of carbonyl (C=O) groups is 3. The van der Waals surface area contributed by atoms with Crippen molar-refractivity contribution in [3.8, 4) is 0 Å². The topological polar surface area (TPSA) is 97.0 Å². The maximum Gasteiger partial charge on any atom is 0.255 e. The molecule has 5 rings (SSSR count). The first kappa shape index (κ1) is 28.6. The van der Waals surface area contributed by atoms with Gasteiger partial charge < -0.3 is 19.3 Å². The molecule has 3 aliphatic heterocycles. The summed E-state index contributed by atoms with van der Waals surface area (Å²) >= 11 is 7.56. The monoisotopic (exact) mass is 583 g/mol. The van der Waals surface area contributed by atoms with Gasteiger partial charge in [0.2, 0.25) is 17.5 Å². The second-order valence-corrected chi connectivity index (χ2v) is 16.6. The molecule has 202 valence electrons. The molecule has 2 N–H and O–H groups in total. The number of amides is 3. The van der Waals surface area contributed by atoms with Gasteiger partial charge in [0.15, 0.2) is 0 Å². The number of nitrogens with zero attached hydrogens (tertiary/aromatic N) is 1. The van der Waals surface area contributed by atoms with Crippen LogP contribution in [0.25, 0.3) is 0 Å². The fourth-order valence-corrected chi connectivity index (χ4v) is 12.4. The van der Waals surface area contributed by atoms with Crippen molar-refractivity contribution in [1.29, 1.82) is 0 Å². The largest absolute Gasteiger partial charge is 0.382 e. The van der Waals surface area contributed by atoms with Crippen molar-refractivity contribution >= 4 is 65.8 Å². The summed E-state index contributed by atoms with van der Waals surface area (Å²) in [4.78, 5) is 38.4. The SMILES string of the molecule is C=C(C)[C@H]1CC[C@@]2(C)O[P@](=S)(OCCNc3cccc4c3CN(C3CCC(=O)NC3=O)C4=O)S[C@@H]2C1.S. The van der Waals surface area contributed by atoms with Crippen LogP contribution >= 0.6 is 30.6 Å². The molecule has 1 aromatic carbocycles. The van der Waals surface area contributed by atoms with Crippen LogP contribution in [0, 0.1) is 5.92 Å². The fourth-order valence-electron chi connectivity index (χ4n) is 5.54. The Morgan fingerprint density at radius 1 is 1.38 bits per heavy atom. The van der Waals surface area contributed by atoms with Crippen LogP contribution in [0.15, 0.2) is 30.4 Å². The predicted octanol–water partition coefficient (Wildman–Crippen LogP) is 4.48. The Kier molecular flexibility index (Phi) is 8.53. The Morgan fingerprint density at radius 3 is 2.89 bits per heavy atom. The molecular formula is C25H34N3O5PS3. The predicted molar refractivity (Wildman–Crippen MR) is 155 cm³/mol. The molecule has 1 unspecified atom stereocenters. The Labute approximate surface area is 234 Å². The molecule has 0 radical (unpaired) electrons. The number of rotatable bonds is 7. The number of nitrogens with one attached hydrogen (secondary N) is 2. The zero-order chi connectivity index (χ0) is 25.7. The number of hydrogen-bond donors (Lipinski definition) is 2. The van der Waals surface area contributed by atoms with E-state index < -0.39 is 17.6 Å². The van der Waals surface area contributed by atoms with Crippen LogP contribution < -0.4 is 10.6 Å². The van der Waals surface area contributed by atoms with Crippen molar-refractivity contribution in [2.45, 2.75) is 69.4 Å². The molecule has 12 heteroatoms. The first-order valence-electron chi connectivity index (χ1n) is 12.4. The molecule has 4 aliphatic rings. The normalized spacial score (nSPS) is 32.9. The second kappa shape index (κ2) is 11.0. The van der Waals surface area contributed by atoms with Crippen molar-refractivity contribution in [2.75, 3.05) is 18.5 Å². The van der Waals surface area contributed by atoms with Crippen LogP contribution in [0.1, 0.15) is 61.9 Å². The van der Waals surface area contributed by atoms with E-state index in [1.165, 1.54) is 5.57 Å². The van der Waals surface area contributed by atoms with Gasteiger partial charge >= 0.3 is 0 Å². The molecule has 1 aliphatic carbocycles. The summed E-state index contributed by atoms with van der Waals surface area (Å²) < 4.78 is 12.6. The minimum Gasteiger partial charge on any atom is -0.382 e. The fraction of sp³-hybridized carbons (Fsp3) is 0.560. The lowest BCUT2D eigenvalue weighted by Crippen LogP contribution is -2.52. The van der Waals surface area contributed by atoms with E-state index in [1.54, 1.807) is 22.3 Å². The molecule has 0 spiro atoms. The first-order valence-corrected chi connectivity index (χ1v) is 16.5. The molecule has 5 atom stereocenters. The van der Waals surface area contributed by atoms with E-state index in [4.69, 9.17) is 20.9 Å². The number of carbonyl (C=O) groups excluding carboxylic acids is 3. The van der Waals surface area contributed by atoms with Gasteiger partial charge in [-0.05, 0) is 69.4 Å². The van der Waals surface area contributed by atoms with Crippen LogP contribution in [-0.4, -0.2) is 52.7 Å². The van der Waals surface area contributed by atoms with Gasteiger partial charge in [-0.15, -0.1) is 0 Å². The summed E-state index contributed by atoms with van der Waals surface area (Å²) in [6.07, 6.45) is 3.66. The molecular weight excluding hydrogens is 549 g/mol. The molecule has 0 bridgehead atoms. The summed E-state index contributed by atoms with van der Waals surface area (Å²) in [5.41, 5.74) is 0.821. The molecule has 0 aromatic heterocycles. The van der Waals surface area contributed by atoms with Crippen LogP contribution in [0.4, 0.5) is 5.69 Å². The third-order valence-electron chi connectivity index (χ3n) is 7.69. The Morgan fingerprint density at radius 2 is 2.16 bits per heavy atom. The molecule has 1 aromatic rings. The summed E-state index contributed by atoms with van der Waals surface area (Å²) in [6, 6.07) is 4.90. The number of fused-ring (bicyclic) bond motifs is 2. The van der Waals surface area contributed by atoms with Crippen LogP contribution in [0.3, 0.4) is 0 Å². The van der Waals surface area contributed by atoms with Crippen molar-refractivity contribution in [3.63, 3.8) is 0 Å². The Bertz CT molecular complexity index is 1180. The molecule has 3 fully saturated rings. The molecule has 3 amide bonds. The highest BCUT2D eigenvalue weighted by molar-refractivity contribution is 8.68. The summed E-state index contributed by atoms with van der Waals surface area (Å²) in [5, 5.41) is 6.05. The number of imide groups is 1. The minimum absolute atomic E-state index is 0. The number of piperidine rings is 1. The van der Waals surface area contributed by atoms with E-state index in [-0.39, 0.29) is 37.3 Å². The average Bonchev–Trinajstić information content (AvgIpc) is 3.29. The number of allylic oxidation sites excluding steroid dienone is 1. The highest BCUT2D eigenvalue weighted by atomic mass is 32.9. The van der Waals surface area contributed by atoms with E-state index in [9.17, 15) is 14.4 Å². The second-order valence-electron chi connectivity index (χ2n) is 10.3. The van der Waals surface area contributed by atoms with Gasteiger partial charge in [0.25, 0.3) is 5.91 Å². The van der Waals surface area contributed by atoms with Gasteiger partial charge in [-0.2, -0.15) is 13.5 Å². The highest BCUT2D eigenvalue weighted by Crippen LogP contribution is 2.74. The molecule has 2 saturated heterocycles. The highest BCUT2D eigenvalue weighted by Gasteiger charge is 2.53. The van der Waals surface area contributed by atoms with E-state index in [2.05, 4.69) is 31.1 Å². The van der Waals surface area contributed by atoms with Gasteiger partial charge in [-0.25, -0.2) is 0 Å². The smallest absolute Gasteiger partial charge is 0.255 e. The maximum absolute atomic E-state index is 13.0. The summed E-state index contributed by atoms with van der Waals surface area (Å²) in [7, 11) is 0. The third-order valence-corrected chi connectivity index (χ3v) is 13.4. The third kappa shape index (κ3) is 5.68. The van der Waals surface area contributed by atoms with Gasteiger partial charge in [-0.1, -0.05) is 29.6 Å². The van der Waals surface area contributed by atoms with Gasteiger partial charge in [0.05, 0.1) is 12.2 Å². The van der Waals surface area contributed by atoms with Crippen molar-refractivity contribution < 1.29 is 23.4 Å². The van der Waals surface area contributed by atoms with Crippen molar-refractivity contribution in [1.82, 2.24) is 10.2 Å². The van der Waals surface area contributed by atoms with Crippen molar-refractivity contribution in [2.24, 2.45) is 5.92 Å². The number of hydrogen-bond acceptors (Lipinski definition) is 8. The molecule has 3 heterocycles. The number of anilines is 1. The summed E-state index contributed by atoms with van der Waals surface area (Å²) in [6.45, 7) is 9.64. The van der Waals surface area contributed by atoms with Crippen LogP contribution in [0.2, 0.25) is 0 Å². The van der Waals surface area contributed by atoms with Gasteiger partial charge in [0, 0.05) is 41.6 Å². The Hall–Kier alpha value is -1.36. The minimum atomic E-state index is -2.44. The van der Waals surface area contributed by atoms with E-state index >= 15 is 0 Å². The summed E-state index contributed by atoms with van der Waals surface area (Å²) in [5.74, 6) is -0.370. The average molecular weight is 584 g/mol. The molecule has 37 heavy (non-hydrogen) atoms. The van der Waals surface area contributed by atoms with E-state index in [0.717, 1.165) is 30.5 Å².